The van der Waals surface area contributed by atoms with Crippen LogP contribution in [0, 0.1) is 13.8 Å². The van der Waals surface area contributed by atoms with Gasteiger partial charge in [-0.05, 0) is 19.4 Å². The molecule has 122 valence electrons. The molecule has 0 aliphatic heterocycles. The Balaban J connectivity index is 2.34. The molecule has 24 heavy (non-hydrogen) atoms. The number of nitrogens with zero attached hydrogens (tertiary/aromatic N) is 3. The molecule has 7 nitrogen and oxygen atoms in total. The van der Waals surface area contributed by atoms with Gasteiger partial charge in [0.25, 0.3) is 0 Å². The van der Waals surface area contributed by atoms with Gasteiger partial charge in [-0.2, -0.15) is 0 Å². The average molecular weight is 343 g/mol. The van der Waals surface area contributed by atoms with E-state index in [1.807, 2.05) is 6.92 Å². The van der Waals surface area contributed by atoms with Gasteiger partial charge in [-0.15, -0.1) is 16.4 Å². The number of hydrogen-bond acceptors (Lipinski definition) is 5. The van der Waals surface area contributed by atoms with E-state index in [-0.39, 0.29) is 17.0 Å². The quantitative estimate of drug-likeness (QED) is 0.754. The predicted octanol–water partition coefficient (Wildman–Crippen LogP) is 3.01. The largest absolute Gasteiger partial charge is 0.478 e. The third kappa shape index (κ3) is 2.46. The number of carbonyl (C=O) groups is 2. The van der Waals surface area contributed by atoms with Gasteiger partial charge in [-0.3, -0.25) is 0 Å². The second-order valence-corrected chi connectivity index (χ2v) is 6.34. The molecule has 8 heteroatoms. The fourth-order valence-corrected chi connectivity index (χ4v) is 3.54. The Kier molecular flexibility index (Phi) is 3.90. The fourth-order valence-electron chi connectivity index (χ4n) is 2.43. The van der Waals surface area contributed by atoms with Crippen molar-refractivity contribution >= 4 is 23.3 Å². The maximum Gasteiger partial charge on any atom is 0.358 e. The summed E-state index contributed by atoms with van der Waals surface area (Å²) in [6, 6.07) is 8.80. The van der Waals surface area contributed by atoms with Gasteiger partial charge in [-0.1, -0.05) is 35.5 Å². The first-order valence-electron chi connectivity index (χ1n) is 7.00. The van der Waals surface area contributed by atoms with Crippen LogP contribution in [-0.2, 0) is 0 Å². The Hall–Kier alpha value is -3.00. The predicted molar refractivity (Wildman–Crippen MR) is 88.1 cm³/mol. The first-order chi connectivity index (χ1) is 11.4. The summed E-state index contributed by atoms with van der Waals surface area (Å²) in [5.74, 6) is -2.31. The number of hydrogen-bond donors (Lipinski definition) is 2. The van der Waals surface area contributed by atoms with Crippen LogP contribution >= 0.6 is 11.3 Å². The number of aromatic nitrogens is 3. The molecule has 0 saturated heterocycles. The minimum absolute atomic E-state index is 0.108. The van der Waals surface area contributed by atoms with Crippen LogP contribution in [0.2, 0.25) is 0 Å². The smallest absolute Gasteiger partial charge is 0.358 e. The topological polar surface area (TPSA) is 105 Å². The SMILES string of the molecule is Cc1sc(-n2nnc(C(=O)O)c2-c2ccccc2)c(C(=O)O)c1C. The number of carboxylic acid groups (broad SMARTS) is 2. The van der Waals surface area contributed by atoms with Crippen molar-refractivity contribution in [2.45, 2.75) is 13.8 Å². The summed E-state index contributed by atoms with van der Waals surface area (Å²) in [5.41, 5.74) is 1.37. The highest BCUT2D eigenvalue weighted by Crippen LogP contribution is 2.34. The summed E-state index contributed by atoms with van der Waals surface area (Å²) in [4.78, 5) is 24.0. The lowest BCUT2D eigenvalue weighted by atomic mass is 10.1. The van der Waals surface area contributed by atoms with E-state index in [0.717, 1.165) is 4.88 Å². The Labute approximate surface area is 140 Å². The van der Waals surface area contributed by atoms with Crippen molar-refractivity contribution < 1.29 is 19.8 Å². The Bertz CT molecular complexity index is 944. The fraction of sp³-hybridized carbons (Fsp3) is 0.125. The molecule has 3 aromatic rings. The third-order valence-corrected chi connectivity index (χ3v) is 4.88. The minimum Gasteiger partial charge on any atom is -0.478 e. The number of benzene rings is 1. The summed E-state index contributed by atoms with van der Waals surface area (Å²) in [6.45, 7) is 3.53. The van der Waals surface area contributed by atoms with Crippen LogP contribution in [0.3, 0.4) is 0 Å². The molecule has 0 amide bonds. The van der Waals surface area contributed by atoms with Crippen LogP contribution in [0.4, 0.5) is 0 Å². The zero-order chi connectivity index (χ0) is 17.4. The summed E-state index contributed by atoms with van der Waals surface area (Å²) >= 11 is 1.24. The highest BCUT2D eigenvalue weighted by molar-refractivity contribution is 7.15. The van der Waals surface area contributed by atoms with Crippen molar-refractivity contribution in [3.63, 3.8) is 0 Å². The summed E-state index contributed by atoms with van der Waals surface area (Å²) < 4.78 is 1.30. The van der Waals surface area contributed by atoms with Gasteiger partial charge in [0.05, 0.1) is 5.56 Å². The molecule has 0 unspecified atom stereocenters. The number of aromatic carboxylic acids is 2. The van der Waals surface area contributed by atoms with Crippen LogP contribution in [-0.4, -0.2) is 37.1 Å². The molecule has 2 aromatic heterocycles. The van der Waals surface area contributed by atoms with Crippen LogP contribution in [0.25, 0.3) is 16.3 Å². The van der Waals surface area contributed by atoms with Crippen molar-refractivity contribution in [1.82, 2.24) is 15.0 Å². The third-order valence-electron chi connectivity index (χ3n) is 3.69. The lowest BCUT2D eigenvalue weighted by Gasteiger charge is -2.07. The van der Waals surface area contributed by atoms with Gasteiger partial charge in [-0.25, -0.2) is 14.3 Å². The summed E-state index contributed by atoms with van der Waals surface area (Å²) in [5, 5.41) is 26.9. The van der Waals surface area contributed by atoms with E-state index in [0.29, 0.717) is 16.1 Å². The van der Waals surface area contributed by atoms with E-state index in [2.05, 4.69) is 10.3 Å². The first kappa shape index (κ1) is 15.9. The van der Waals surface area contributed by atoms with Crippen LogP contribution in [0.5, 0.6) is 0 Å². The Morgan fingerprint density at radius 3 is 2.33 bits per heavy atom. The van der Waals surface area contributed by atoms with Gasteiger partial charge in [0.1, 0.15) is 10.7 Å². The number of carboxylic acids is 2. The van der Waals surface area contributed by atoms with Crippen molar-refractivity contribution in [2.75, 3.05) is 0 Å². The molecule has 2 N–H and O–H groups in total. The van der Waals surface area contributed by atoms with Gasteiger partial charge in [0, 0.05) is 10.4 Å². The van der Waals surface area contributed by atoms with Crippen molar-refractivity contribution in [2.24, 2.45) is 0 Å². The van der Waals surface area contributed by atoms with E-state index < -0.39 is 11.9 Å². The van der Waals surface area contributed by atoms with Crippen LogP contribution < -0.4 is 0 Å². The van der Waals surface area contributed by atoms with Crippen LogP contribution in [0.1, 0.15) is 31.3 Å². The van der Waals surface area contributed by atoms with Gasteiger partial charge >= 0.3 is 11.9 Å². The maximum atomic E-state index is 11.6. The molecule has 0 saturated carbocycles. The first-order valence-corrected chi connectivity index (χ1v) is 7.81. The lowest BCUT2D eigenvalue weighted by Crippen LogP contribution is -2.07. The standard InChI is InChI=1S/C16H13N3O4S/c1-8-9(2)24-14(11(8)15(20)21)19-13(10-6-4-3-5-7-10)12(16(22)23)17-18-19/h3-7H,1-2H3,(H,20,21)(H,22,23). The number of rotatable bonds is 4. The van der Waals surface area contributed by atoms with E-state index in [9.17, 15) is 19.8 Å². The molecule has 0 aliphatic carbocycles. The van der Waals surface area contributed by atoms with Gasteiger partial charge in [0.15, 0.2) is 5.69 Å². The van der Waals surface area contributed by atoms with E-state index in [1.54, 1.807) is 37.3 Å². The molecular weight excluding hydrogens is 330 g/mol. The summed E-state index contributed by atoms with van der Waals surface area (Å²) in [7, 11) is 0. The van der Waals surface area contributed by atoms with E-state index in [4.69, 9.17) is 0 Å². The molecule has 0 bridgehead atoms. The minimum atomic E-state index is -1.22. The Morgan fingerprint density at radius 2 is 1.75 bits per heavy atom. The second-order valence-electron chi connectivity index (χ2n) is 5.14. The van der Waals surface area contributed by atoms with Gasteiger partial charge in [0.2, 0.25) is 0 Å². The number of thiophene rings is 1. The van der Waals surface area contributed by atoms with E-state index >= 15 is 0 Å². The zero-order valence-corrected chi connectivity index (χ0v) is 13.7. The molecule has 2 heterocycles. The molecular formula is C16H13N3O4S. The lowest BCUT2D eigenvalue weighted by molar-refractivity contribution is 0.0683. The molecule has 0 aliphatic rings. The highest BCUT2D eigenvalue weighted by Gasteiger charge is 2.27. The molecule has 1 aromatic carbocycles. The average Bonchev–Trinajstić information content (AvgIpc) is 3.10. The maximum absolute atomic E-state index is 11.6. The Morgan fingerprint density at radius 1 is 1.08 bits per heavy atom. The number of aryl methyl sites for hydroxylation is 1. The van der Waals surface area contributed by atoms with Gasteiger partial charge < -0.3 is 10.2 Å². The van der Waals surface area contributed by atoms with E-state index in [1.165, 1.54) is 16.0 Å². The molecule has 0 spiro atoms. The van der Waals surface area contributed by atoms with Crippen molar-refractivity contribution in [3.05, 3.63) is 52.0 Å². The summed E-state index contributed by atoms with van der Waals surface area (Å²) in [6.07, 6.45) is 0. The van der Waals surface area contributed by atoms with Crippen LogP contribution in [0.15, 0.2) is 30.3 Å². The zero-order valence-electron chi connectivity index (χ0n) is 12.8. The molecule has 0 atom stereocenters. The molecule has 3 rings (SSSR count). The molecule has 0 fully saturated rings. The normalized spacial score (nSPS) is 10.8. The van der Waals surface area contributed by atoms with Crippen molar-refractivity contribution in [1.29, 1.82) is 0 Å². The second kappa shape index (κ2) is 5.89. The van der Waals surface area contributed by atoms with Crippen molar-refractivity contribution in [3.8, 4) is 16.3 Å². The molecule has 0 radical (unpaired) electrons. The highest BCUT2D eigenvalue weighted by atomic mass is 32.1. The monoisotopic (exact) mass is 343 g/mol.